The molecule has 1 heterocycles. The number of nitrogens with one attached hydrogen (secondary N) is 2. The Hall–Kier alpha value is -1.35. The second-order valence-electron chi connectivity index (χ2n) is 8.06. The largest absolute Gasteiger partial charge is 0.350 e. The third-order valence-electron chi connectivity index (χ3n) is 4.76. The van der Waals surface area contributed by atoms with Gasteiger partial charge in [0.15, 0.2) is 5.96 Å². The van der Waals surface area contributed by atoms with E-state index >= 15 is 0 Å². The summed E-state index contributed by atoms with van der Waals surface area (Å²) >= 11 is 0. The molecule has 2 N–H and O–H groups in total. The van der Waals surface area contributed by atoms with Gasteiger partial charge < -0.3 is 15.5 Å². The zero-order valence-corrected chi connectivity index (χ0v) is 20.2. The average molecular weight is 501 g/mol. The van der Waals surface area contributed by atoms with Crippen molar-refractivity contribution in [1.29, 1.82) is 0 Å². The highest BCUT2D eigenvalue weighted by atomic mass is 127. The minimum atomic E-state index is -0.222. The first-order valence-corrected chi connectivity index (χ1v) is 9.89. The van der Waals surface area contributed by atoms with Crippen LogP contribution in [0.4, 0.5) is 0 Å². The summed E-state index contributed by atoms with van der Waals surface area (Å²) < 4.78 is 0. The van der Waals surface area contributed by atoms with Gasteiger partial charge >= 0.3 is 0 Å². The number of rotatable bonds is 5. The predicted octanol–water partition coefficient (Wildman–Crippen LogP) is 2.86. The molecular formula is C21H36IN5O. The molecule has 1 aliphatic rings. The number of piperazine rings is 1. The van der Waals surface area contributed by atoms with Gasteiger partial charge in [-0.1, -0.05) is 37.3 Å². The van der Waals surface area contributed by atoms with E-state index in [9.17, 15) is 4.79 Å². The molecule has 1 aromatic rings. The average Bonchev–Trinajstić information content (AvgIpc) is 2.63. The summed E-state index contributed by atoms with van der Waals surface area (Å²) in [6, 6.07) is 11.2. The van der Waals surface area contributed by atoms with Crippen LogP contribution in [-0.2, 0) is 4.79 Å². The highest BCUT2D eigenvalue weighted by molar-refractivity contribution is 14.0. The van der Waals surface area contributed by atoms with Crippen LogP contribution in [-0.4, -0.2) is 67.0 Å². The molecule has 1 amide bonds. The van der Waals surface area contributed by atoms with Gasteiger partial charge in [-0.2, -0.15) is 0 Å². The molecule has 1 aromatic carbocycles. The normalized spacial score (nSPS) is 16.9. The molecule has 2 rings (SSSR count). The topological polar surface area (TPSA) is 60.0 Å². The molecule has 1 fully saturated rings. The second kappa shape index (κ2) is 11.6. The minimum absolute atomic E-state index is 0. The van der Waals surface area contributed by atoms with Crippen molar-refractivity contribution in [2.24, 2.45) is 4.99 Å². The number of halogens is 1. The van der Waals surface area contributed by atoms with E-state index in [1.54, 1.807) is 7.05 Å². The van der Waals surface area contributed by atoms with Crippen LogP contribution in [0.25, 0.3) is 0 Å². The smallest absolute Gasteiger partial charge is 0.239 e. The van der Waals surface area contributed by atoms with Gasteiger partial charge in [0.25, 0.3) is 0 Å². The SMILES string of the molecule is CCC(c1ccccc1)N1CCN(C(=NC)NCC(=O)NC(C)(C)C)CC1.I. The van der Waals surface area contributed by atoms with Gasteiger partial charge in [-0.25, -0.2) is 0 Å². The summed E-state index contributed by atoms with van der Waals surface area (Å²) in [6.45, 7) is 12.2. The maximum atomic E-state index is 12.0. The Labute approximate surface area is 187 Å². The summed E-state index contributed by atoms with van der Waals surface area (Å²) in [6.07, 6.45) is 1.10. The molecule has 1 unspecified atom stereocenters. The molecule has 28 heavy (non-hydrogen) atoms. The van der Waals surface area contributed by atoms with Crippen LogP contribution in [0, 0.1) is 0 Å². The van der Waals surface area contributed by atoms with E-state index in [0.717, 1.165) is 38.6 Å². The van der Waals surface area contributed by atoms with Crippen LogP contribution in [0.2, 0.25) is 0 Å². The molecule has 0 saturated carbocycles. The van der Waals surface area contributed by atoms with Gasteiger partial charge in [-0.15, -0.1) is 24.0 Å². The lowest BCUT2D eigenvalue weighted by atomic mass is 10.0. The monoisotopic (exact) mass is 501 g/mol. The van der Waals surface area contributed by atoms with E-state index in [0.29, 0.717) is 6.04 Å². The number of hydrogen-bond acceptors (Lipinski definition) is 3. The Balaban J connectivity index is 0.00000392. The van der Waals surface area contributed by atoms with Crippen molar-refractivity contribution in [3.63, 3.8) is 0 Å². The number of carbonyl (C=O) groups excluding carboxylic acids is 1. The Morgan fingerprint density at radius 3 is 2.25 bits per heavy atom. The minimum Gasteiger partial charge on any atom is -0.350 e. The van der Waals surface area contributed by atoms with Crippen LogP contribution < -0.4 is 10.6 Å². The van der Waals surface area contributed by atoms with Crippen molar-refractivity contribution in [2.45, 2.75) is 45.7 Å². The summed E-state index contributed by atoms with van der Waals surface area (Å²) in [5, 5.41) is 6.16. The summed E-state index contributed by atoms with van der Waals surface area (Å²) in [7, 11) is 1.77. The zero-order chi connectivity index (χ0) is 19.9. The molecule has 158 valence electrons. The Morgan fingerprint density at radius 2 is 1.75 bits per heavy atom. The molecule has 0 spiro atoms. The zero-order valence-electron chi connectivity index (χ0n) is 17.9. The summed E-state index contributed by atoms with van der Waals surface area (Å²) in [5.74, 6) is 0.781. The highest BCUT2D eigenvalue weighted by Gasteiger charge is 2.25. The van der Waals surface area contributed by atoms with Crippen LogP contribution >= 0.6 is 24.0 Å². The van der Waals surface area contributed by atoms with Gasteiger partial charge in [0.05, 0.1) is 6.54 Å². The van der Waals surface area contributed by atoms with E-state index in [1.165, 1.54) is 5.56 Å². The molecule has 1 aliphatic heterocycles. The molecule has 6 nitrogen and oxygen atoms in total. The maximum absolute atomic E-state index is 12.0. The molecule has 1 atom stereocenters. The quantitative estimate of drug-likeness (QED) is 0.370. The fourth-order valence-corrected chi connectivity index (χ4v) is 3.58. The number of amides is 1. The first-order valence-electron chi connectivity index (χ1n) is 9.89. The van der Waals surface area contributed by atoms with Crippen LogP contribution in [0.15, 0.2) is 35.3 Å². The molecule has 0 bridgehead atoms. The highest BCUT2D eigenvalue weighted by Crippen LogP contribution is 2.25. The van der Waals surface area contributed by atoms with Crippen molar-refractivity contribution in [1.82, 2.24) is 20.4 Å². The molecule has 0 radical (unpaired) electrons. The molecule has 0 aliphatic carbocycles. The number of hydrogen-bond donors (Lipinski definition) is 2. The Morgan fingerprint density at radius 1 is 1.14 bits per heavy atom. The number of benzene rings is 1. The molecular weight excluding hydrogens is 465 g/mol. The van der Waals surface area contributed by atoms with Gasteiger partial charge in [0, 0.05) is 44.8 Å². The van der Waals surface area contributed by atoms with Crippen molar-refractivity contribution < 1.29 is 4.79 Å². The standard InChI is InChI=1S/C21H35N5O.HI/c1-6-18(17-10-8-7-9-11-17)25-12-14-26(15-13-25)20(22-5)23-16-19(27)24-21(2,3)4;/h7-11,18H,6,12-16H2,1-5H3,(H,22,23)(H,24,27);1H. The summed E-state index contributed by atoms with van der Waals surface area (Å²) in [5.41, 5.74) is 1.16. The first kappa shape index (κ1) is 24.7. The number of carbonyl (C=O) groups is 1. The van der Waals surface area contributed by atoms with E-state index in [4.69, 9.17) is 0 Å². The van der Waals surface area contributed by atoms with E-state index in [2.05, 4.69) is 62.7 Å². The van der Waals surface area contributed by atoms with Crippen molar-refractivity contribution in [3.05, 3.63) is 35.9 Å². The fraction of sp³-hybridized carbons (Fsp3) is 0.619. The van der Waals surface area contributed by atoms with Crippen LogP contribution in [0.5, 0.6) is 0 Å². The lowest BCUT2D eigenvalue weighted by molar-refractivity contribution is -0.121. The third kappa shape index (κ3) is 7.58. The number of aliphatic imine (C=N–C) groups is 1. The second-order valence-corrected chi connectivity index (χ2v) is 8.06. The van der Waals surface area contributed by atoms with E-state index in [-0.39, 0.29) is 42.0 Å². The lowest BCUT2D eigenvalue weighted by Crippen LogP contribution is -2.54. The van der Waals surface area contributed by atoms with Crippen molar-refractivity contribution in [3.8, 4) is 0 Å². The van der Waals surface area contributed by atoms with Gasteiger partial charge in [-0.3, -0.25) is 14.7 Å². The molecule has 0 aromatic heterocycles. The fourth-order valence-electron chi connectivity index (χ4n) is 3.58. The number of nitrogens with zero attached hydrogens (tertiary/aromatic N) is 3. The third-order valence-corrected chi connectivity index (χ3v) is 4.76. The van der Waals surface area contributed by atoms with E-state index < -0.39 is 0 Å². The van der Waals surface area contributed by atoms with Crippen molar-refractivity contribution in [2.75, 3.05) is 39.8 Å². The number of guanidine groups is 1. The van der Waals surface area contributed by atoms with Crippen LogP contribution in [0.1, 0.15) is 45.7 Å². The van der Waals surface area contributed by atoms with Gasteiger partial charge in [0.2, 0.25) is 5.91 Å². The molecule has 7 heteroatoms. The first-order chi connectivity index (χ1) is 12.8. The van der Waals surface area contributed by atoms with Crippen LogP contribution in [0.3, 0.4) is 0 Å². The Bertz CT molecular complexity index is 621. The predicted molar refractivity (Wildman–Crippen MR) is 127 cm³/mol. The van der Waals surface area contributed by atoms with Gasteiger partial charge in [0.1, 0.15) is 0 Å². The lowest BCUT2D eigenvalue weighted by Gasteiger charge is -2.40. The van der Waals surface area contributed by atoms with Gasteiger partial charge in [-0.05, 0) is 32.8 Å². The Kier molecular flexibility index (Phi) is 10.2. The maximum Gasteiger partial charge on any atom is 0.239 e. The van der Waals surface area contributed by atoms with Crippen molar-refractivity contribution >= 4 is 35.8 Å². The van der Waals surface area contributed by atoms with E-state index in [1.807, 2.05) is 20.8 Å². The summed E-state index contributed by atoms with van der Waals surface area (Å²) in [4.78, 5) is 21.2. The molecule has 1 saturated heterocycles.